The first-order chi connectivity index (χ1) is 8.83. The second kappa shape index (κ2) is 4.82. The minimum atomic E-state index is 0.291. The van der Waals surface area contributed by atoms with E-state index in [4.69, 9.17) is 4.74 Å². The number of nitrogens with zero attached hydrogens (tertiary/aromatic N) is 3. The molecule has 2 aromatic rings. The summed E-state index contributed by atoms with van der Waals surface area (Å²) in [5.74, 6) is 0. The quantitative estimate of drug-likeness (QED) is 0.809. The molecule has 1 aliphatic rings. The molecule has 0 amide bonds. The zero-order chi connectivity index (χ0) is 12.4. The molecule has 94 valence electrons. The van der Waals surface area contributed by atoms with Crippen molar-refractivity contribution in [1.82, 2.24) is 9.78 Å². The highest BCUT2D eigenvalue weighted by molar-refractivity contribution is 5.45. The van der Waals surface area contributed by atoms with E-state index in [1.165, 1.54) is 0 Å². The first-order valence-electron chi connectivity index (χ1n) is 6.29. The van der Waals surface area contributed by atoms with Gasteiger partial charge in [-0.05, 0) is 19.1 Å². The third kappa shape index (κ3) is 2.24. The molecule has 0 aliphatic carbocycles. The maximum Gasteiger partial charge on any atom is 0.0758 e. The number of aromatic nitrogens is 2. The maximum absolute atomic E-state index is 5.55. The van der Waals surface area contributed by atoms with Gasteiger partial charge >= 0.3 is 0 Å². The van der Waals surface area contributed by atoms with E-state index in [2.05, 4.69) is 35.3 Å². The monoisotopic (exact) mass is 243 g/mol. The molecule has 1 atom stereocenters. The third-order valence-corrected chi connectivity index (χ3v) is 3.20. The number of ether oxygens (including phenoxy) is 1. The van der Waals surface area contributed by atoms with Crippen LogP contribution < -0.4 is 4.90 Å². The molecule has 0 N–H and O–H groups in total. The fourth-order valence-electron chi connectivity index (χ4n) is 2.25. The van der Waals surface area contributed by atoms with Crippen molar-refractivity contribution in [1.29, 1.82) is 0 Å². The van der Waals surface area contributed by atoms with E-state index in [1.807, 2.05) is 29.1 Å². The summed E-state index contributed by atoms with van der Waals surface area (Å²) in [6.45, 7) is 4.76. The van der Waals surface area contributed by atoms with Gasteiger partial charge in [-0.2, -0.15) is 5.10 Å². The van der Waals surface area contributed by atoms with E-state index in [-0.39, 0.29) is 0 Å². The Bertz CT molecular complexity index is 509. The number of para-hydroxylation sites is 1. The summed E-state index contributed by atoms with van der Waals surface area (Å²) in [5.41, 5.74) is 2.25. The molecule has 18 heavy (non-hydrogen) atoms. The van der Waals surface area contributed by atoms with E-state index >= 15 is 0 Å². The summed E-state index contributed by atoms with van der Waals surface area (Å²) in [5, 5.41) is 4.42. The molecule has 2 heterocycles. The van der Waals surface area contributed by atoms with Crippen LogP contribution in [-0.4, -0.2) is 35.6 Å². The second-order valence-corrected chi connectivity index (χ2v) is 4.61. The highest BCUT2D eigenvalue weighted by Crippen LogP contribution is 2.18. The van der Waals surface area contributed by atoms with Gasteiger partial charge in [0.25, 0.3) is 0 Å². The molecular weight excluding hydrogens is 226 g/mol. The van der Waals surface area contributed by atoms with Crippen molar-refractivity contribution >= 4 is 5.69 Å². The van der Waals surface area contributed by atoms with Crippen LogP contribution in [0.4, 0.5) is 5.69 Å². The van der Waals surface area contributed by atoms with E-state index in [0.29, 0.717) is 6.10 Å². The number of anilines is 1. The van der Waals surface area contributed by atoms with Gasteiger partial charge in [0.1, 0.15) is 0 Å². The first kappa shape index (κ1) is 11.3. The van der Waals surface area contributed by atoms with E-state index in [1.54, 1.807) is 0 Å². The highest BCUT2D eigenvalue weighted by Gasteiger charge is 2.18. The summed E-state index contributed by atoms with van der Waals surface area (Å²) < 4.78 is 7.46. The van der Waals surface area contributed by atoms with Crippen LogP contribution in [-0.2, 0) is 4.74 Å². The molecule has 1 saturated heterocycles. The van der Waals surface area contributed by atoms with Gasteiger partial charge in [0.15, 0.2) is 0 Å². The Kier molecular flexibility index (Phi) is 3.02. The maximum atomic E-state index is 5.55. The Morgan fingerprint density at radius 1 is 1.22 bits per heavy atom. The highest BCUT2D eigenvalue weighted by atomic mass is 16.5. The normalized spacial score (nSPS) is 20.1. The smallest absolute Gasteiger partial charge is 0.0758 e. The van der Waals surface area contributed by atoms with Crippen molar-refractivity contribution in [3.8, 4) is 5.69 Å². The number of benzene rings is 1. The van der Waals surface area contributed by atoms with Gasteiger partial charge in [0, 0.05) is 13.1 Å². The predicted molar refractivity (Wildman–Crippen MR) is 71.2 cm³/mol. The Morgan fingerprint density at radius 3 is 2.83 bits per heavy atom. The summed E-state index contributed by atoms with van der Waals surface area (Å²) in [4.78, 5) is 2.32. The lowest BCUT2D eigenvalue weighted by Crippen LogP contribution is -2.40. The predicted octanol–water partition coefficient (Wildman–Crippen LogP) is 2.10. The lowest BCUT2D eigenvalue weighted by Gasteiger charge is -2.31. The lowest BCUT2D eigenvalue weighted by molar-refractivity contribution is 0.0532. The molecular formula is C14H17N3O. The van der Waals surface area contributed by atoms with Crippen LogP contribution in [0, 0.1) is 0 Å². The van der Waals surface area contributed by atoms with Gasteiger partial charge in [-0.25, -0.2) is 4.68 Å². The molecule has 1 aromatic heterocycles. The summed E-state index contributed by atoms with van der Waals surface area (Å²) in [6, 6.07) is 10.2. The topological polar surface area (TPSA) is 30.3 Å². The zero-order valence-corrected chi connectivity index (χ0v) is 10.5. The van der Waals surface area contributed by atoms with E-state index in [9.17, 15) is 0 Å². The molecule has 0 spiro atoms. The minimum Gasteiger partial charge on any atom is -0.375 e. The summed E-state index contributed by atoms with van der Waals surface area (Å²) >= 11 is 0. The molecule has 1 fully saturated rings. The van der Waals surface area contributed by atoms with Gasteiger partial charge in [-0.15, -0.1) is 0 Å². The average Bonchev–Trinajstić information content (AvgIpc) is 2.89. The average molecular weight is 243 g/mol. The van der Waals surface area contributed by atoms with Gasteiger partial charge < -0.3 is 9.64 Å². The number of morpholine rings is 1. The molecule has 0 bridgehead atoms. The molecule has 1 unspecified atom stereocenters. The van der Waals surface area contributed by atoms with Gasteiger partial charge in [0.2, 0.25) is 0 Å². The van der Waals surface area contributed by atoms with Crippen LogP contribution in [0.15, 0.2) is 42.7 Å². The van der Waals surface area contributed by atoms with E-state index < -0.39 is 0 Å². The molecule has 1 aromatic carbocycles. The first-order valence-corrected chi connectivity index (χ1v) is 6.29. The van der Waals surface area contributed by atoms with Gasteiger partial charge in [0.05, 0.1) is 36.5 Å². The second-order valence-electron chi connectivity index (χ2n) is 4.61. The van der Waals surface area contributed by atoms with Crippen LogP contribution >= 0.6 is 0 Å². The zero-order valence-electron chi connectivity index (χ0n) is 10.5. The van der Waals surface area contributed by atoms with Crippen LogP contribution in [0.3, 0.4) is 0 Å². The van der Waals surface area contributed by atoms with Crippen molar-refractivity contribution in [3.05, 3.63) is 42.7 Å². The third-order valence-electron chi connectivity index (χ3n) is 3.20. The van der Waals surface area contributed by atoms with Crippen LogP contribution in [0.1, 0.15) is 6.92 Å². The van der Waals surface area contributed by atoms with Crippen molar-refractivity contribution in [2.24, 2.45) is 0 Å². The van der Waals surface area contributed by atoms with Crippen molar-refractivity contribution in [2.75, 3.05) is 24.6 Å². The molecule has 4 nitrogen and oxygen atoms in total. The summed E-state index contributed by atoms with van der Waals surface area (Å²) in [6.07, 6.45) is 4.29. The Labute approximate surface area is 107 Å². The summed E-state index contributed by atoms with van der Waals surface area (Å²) in [7, 11) is 0. The Hall–Kier alpha value is -1.81. The Morgan fingerprint density at radius 2 is 2.06 bits per heavy atom. The van der Waals surface area contributed by atoms with Crippen LogP contribution in [0.25, 0.3) is 5.69 Å². The molecule has 3 rings (SSSR count). The lowest BCUT2D eigenvalue weighted by atomic mass is 10.3. The standard InChI is InChI=1S/C14H17N3O/c1-12-10-16(7-8-18-12)14-9-15-17(11-14)13-5-3-2-4-6-13/h2-6,9,11-12H,7-8,10H2,1H3. The molecule has 0 saturated carbocycles. The van der Waals surface area contributed by atoms with Crippen LogP contribution in [0.5, 0.6) is 0 Å². The fourth-order valence-corrected chi connectivity index (χ4v) is 2.25. The van der Waals surface area contributed by atoms with Crippen molar-refractivity contribution in [3.63, 3.8) is 0 Å². The van der Waals surface area contributed by atoms with Crippen LogP contribution in [0.2, 0.25) is 0 Å². The SMILES string of the molecule is CC1CN(c2cnn(-c3ccccc3)c2)CCO1. The van der Waals surface area contributed by atoms with Crippen molar-refractivity contribution in [2.45, 2.75) is 13.0 Å². The largest absolute Gasteiger partial charge is 0.375 e. The number of hydrogen-bond donors (Lipinski definition) is 0. The Balaban J connectivity index is 1.81. The van der Waals surface area contributed by atoms with Gasteiger partial charge in [-0.3, -0.25) is 0 Å². The number of hydrogen-bond acceptors (Lipinski definition) is 3. The van der Waals surface area contributed by atoms with E-state index in [0.717, 1.165) is 31.1 Å². The molecule has 0 radical (unpaired) electrons. The van der Waals surface area contributed by atoms with Crippen molar-refractivity contribution < 1.29 is 4.74 Å². The molecule has 4 heteroatoms. The molecule has 1 aliphatic heterocycles. The number of rotatable bonds is 2. The van der Waals surface area contributed by atoms with Gasteiger partial charge in [-0.1, -0.05) is 18.2 Å². The minimum absolute atomic E-state index is 0.291. The fraction of sp³-hybridized carbons (Fsp3) is 0.357.